The average Bonchev–Trinajstić information content (AvgIpc) is 2.79. The summed E-state index contributed by atoms with van der Waals surface area (Å²) >= 11 is 0. The van der Waals surface area contributed by atoms with Gasteiger partial charge in [-0.3, -0.25) is 4.79 Å². The van der Waals surface area contributed by atoms with Crippen LogP contribution in [0.1, 0.15) is 34.1 Å². The number of hydrogen-bond donors (Lipinski definition) is 0. The van der Waals surface area contributed by atoms with Crippen LogP contribution >= 0.6 is 0 Å². The zero-order valence-corrected chi connectivity index (χ0v) is 18.8. The van der Waals surface area contributed by atoms with Crippen LogP contribution in [0.25, 0.3) is 0 Å². The highest BCUT2D eigenvalue weighted by atomic mass is 16.7. The van der Waals surface area contributed by atoms with Gasteiger partial charge in [0.2, 0.25) is 0 Å². The van der Waals surface area contributed by atoms with E-state index < -0.39 is 47.2 Å². The molecule has 172 valence electrons. The van der Waals surface area contributed by atoms with Crippen molar-refractivity contribution in [1.29, 1.82) is 10.5 Å². The predicted molar refractivity (Wildman–Crippen MR) is 109 cm³/mol. The summed E-state index contributed by atoms with van der Waals surface area (Å²) in [5.41, 5.74) is -3.13. The van der Waals surface area contributed by atoms with Crippen molar-refractivity contribution in [2.75, 3.05) is 26.4 Å². The smallest absolute Gasteiger partial charge is 0.334 e. The topological polar surface area (TPSA) is 128 Å². The fourth-order valence-electron chi connectivity index (χ4n) is 5.18. The van der Waals surface area contributed by atoms with Crippen molar-refractivity contribution in [1.82, 2.24) is 0 Å². The largest absolute Gasteiger partial charge is 0.465 e. The minimum absolute atomic E-state index is 0.0673. The van der Waals surface area contributed by atoms with E-state index in [1.54, 1.807) is 27.7 Å². The third-order valence-electron chi connectivity index (χ3n) is 6.21. The molecule has 0 radical (unpaired) electrons. The third kappa shape index (κ3) is 3.41. The highest BCUT2D eigenvalue weighted by Crippen LogP contribution is 2.63. The van der Waals surface area contributed by atoms with Gasteiger partial charge in [0.15, 0.2) is 11.9 Å². The normalized spacial score (nSPS) is 34.9. The van der Waals surface area contributed by atoms with Crippen LogP contribution in [0, 0.1) is 39.9 Å². The van der Waals surface area contributed by atoms with Crippen molar-refractivity contribution in [2.45, 2.75) is 52.1 Å². The quantitative estimate of drug-likeness (QED) is 0.517. The standard InChI is InChI=1S/C23H28N2O7/c1-5-28-16-9-14(12-24)10-23(21(27)31-8-4)18(16)17-15(19(26)29-6-2)11-22(23,13-25)32-20(17)30-7-3/h10-11,16-18,20H,5-9H2,1-4H3/t16-,17+,18-,20-,22-,23-/m0/s1. The van der Waals surface area contributed by atoms with Gasteiger partial charge >= 0.3 is 11.9 Å². The van der Waals surface area contributed by atoms with Gasteiger partial charge in [0.25, 0.3) is 0 Å². The predicted octanol–water partition coefficient (Wildman–Crippen LogP) is 2.19. The molecule has 0 amide bonds. The lowest BCUT2D eigenvalue weighted by atomic mass is 9.49. The lowest BCUT2D eigenvalue weighted by molar-refractivity contribution is -0.298. The van der Waals surface area contributed by atoms with Crippen LogP contribution in [-0.2, 0) is 33.3 Å². The Hall–Kier alpha value is -2.72. The Kier molecular flexibility index (Phi) is 7.04. The van der Waals surface area contributed by atoms with Gasteiger partial charge in [-0.1, -0.05) is 0 Å². The highest BCUT2D eigenvalue weighted by molar-refractivity contribution is 5.93. The van der Waals surface area contributed by atoms with E-state index in [0.29, 0.717) is 6.61 Å². The average molecular weight is 444 g/mol. The molecule has 4 aliphatic rings. The number of rotatable bonds is 8. The van der Waals surface area contributed by atoms with Gasteiger partial charge < -0.3 is 23.7 Å². The first-order valence-electron chi connectivity index (χ1n) is 10.9. The van der Waals surface area contributed by atoms with E-state index in [2.05, 4.69) is 12.1 Å². The van der Waals surface area contributed by atoms with Gasteiger partial charge in [0.1, 0.15) is 11.5 Å². The summed E-state index contributed by atoms with van der Waals surface area (Å²) in [5.74, 6) is -2.81. The van der Waals surface area contributed by atoms with E-state index in [1.807, 2.05) is 0 Å². The molecule has 2 aliphatic heterocycles. The molecule has 1 saturated heterocycles. The maximum atomic E-state index is 13.5. The number of hydrogen-bond acceptors (Lipinski definition) is 9. The van der Waals surface area contributed by atoms with E-state index in [-0.39, 0.29) is 37.4 Å². The van der Waals surface area contributed by atoms with Crippen LogP contribution in [-0.4, -0.2) is 56.4 Å². The maximum absolute atomic E-state index is 13.5. The second kappa shape index (κ2) is 9.41. The summed E-state index contributed by atoms with van der Waals surface area (Å²) in [5, 5.41) is 20.1. The Morgan fingerprint density at radius 1 is 1.06 bits per heavy atom. The molecule has 0 aromatic carbocycles. The Labute approximate surface area is 187 Å². The fraction of sp³-hybridized carbons (Fsp3) is 0.652. The minimum atomic E-state index is -1.95. The molecule has 0 aromatic heterocycles. The summed E-state index contributed by atoms with van der Waals surface area (Å²) in [7, 11) is 0. The molecule has 0 aromatic rings. The Morgan fingerprint density at radius 2 is 1.75 bits per heavy atom. The number of esters is 2. The van der Waals surface area contributed by atoms with Crippen molar-refractivity contribution in [3.8, 4) is 12.1 Å². The molecule has 2 heterocycles. The van der Waals surface area contributed by atoms with Crippen LogP contribution in [0.5, 0.6) is 0 Å². The molecular weight excluding hydrogens is 416 g/mol. The SMILES string of the molecule is CCOC(=O)C1=C[C@@]2(C#N)O[C@H](OCC)[C@H]1[C@@H]1[C@@H](OCC)CC(C#N)=C[C@@]12C(=O)OCC. The van der Waals surface area contributed by atoms with E-state index in [9.17, 15) is 20.1 Å². The number of nitriles is 2. The zero-order valence-electron chi connectivity index (χ0n) is 18.8. The second-order valence-corrected chi connectivity index (χ2v) is 7.73. The second-order valence-electron chi connectivity index (χ2n) is 7.73. The molecule has 2 aliphatic carbocycles. The minimum Gasteiger partial charge on any atom is -0.465 e. The van der Waals surface area contributed by atoms with E-state index in [0.717, 1.165) is 0 Å². The maximum Gasteiger partial charge on any atom is 0.334 e. The first kappa shape index (κ1) is 23.9. The number of ether oxygens (including phenoxy) is 5. The van der Waals surface area contributed by atoms with Crippen molar-refractivity contribution < 1.29 is 33.3 Å². The highest BCUT2D eigenvalue weighted by Gasteiger charge is 2.75. The monoisotopic (exact) mass is 444 g/mol. The number of nitrogens with zero attached hydrogens (tertiary/aromatic N) is 2. The van der Waals surface area contributed by atoms with Gasteiger partial charge in [0, 0.05) is 42.6 Å². The molecule has 0 N–H and O–H groups in total. The Bertz CT molecular complexity index is 914. The molecule has 32 heavy (non-hydrogen) atoms. The van der Waals surface area contributed by atoms with Crippen LogP contribution in [0.3, 0.4) is 0 Å². The van der Waals surface area contributed by atoms with E-state index in [4.69, 9.17) is 23.7 Å². The van der Waals surface area contributed by atoms with E-state index >= 15 is 0 Å². The van der Waals surface area contributed by atoms with Gasteiger partial charge in [-0.2, -0.15) is 10.5 Å². The molecule has 0 spiro atoms. The van der Waals surface area contributed by atoms with Gasteiger partial charge in [-0.15, -0.1) is 0 Å². The first-order valence-corrected chi connectivity index (χ1v) is 10.9. The summed E-state index contributed by atoms with van der Waals surface area (Å²) < 4.78 is 28.6. The molecule has 0 unspecified atom stereocenters. The van der Waals surface area contributed by atoms with Crippen LogP contribution in [0.2, 0.25) is 0 Å². The summed E-state index contributed by atoms with van der Waals surface area (Å²) in [6.07, 6.45) is 1.42. The number of fused-ring (bicyclic) bond motifs is 1. The number of carbonyl (C=O) groups excluding carboxylic acids is 2. The zero-order chi connectivity index (χ0) is 23.5. The summed E-state index contributed by atoms with van der Waals surface area (Å²) in [6.45, 7) is 7.69. The van der Waals surface area contributed by atoms with Crippen molar-refractivity contribution in [2.24, 2.45) is 17.3 Å². The summed E-state index contributed by atoms with van der Waals surface area (Å²) in [4.78, 5) is 26.5. The van der Waals surface area contributed by atoms with Crippen LogP contribution in [0.4, 0.5) is 0 Å². The Morgan fingerprint density at radius 3 is 2.31 bits per heavy atom. The van der Waals surface area contributed by atoms with Gasteiger partial charge in [0.05, 0.1) is 25.4 Å². The van der Waals surface area contributed by atoms with Gasteiger partial charge in [-0.25, -0.2) is 4.79 Å². The van der Waals surface area contributed by atoms with Crippen molar-refractivity contribution in [3.63, 3.8) is 0 Å². The molecule has 9 nitrogen and oxygen atoms in total. The Balaban J connectivity index is 2.36. The molecule has 9 heteroatoms. The molecule has 2 bridgehead atoms. The number of carbonyl (C=O) groups is 2. The molecule has 1 fully saturated rings. The molecule has 6 atom stereocenters. The lowest BCUT2D eigenvalue weighted by Crippen LogP contribution is -2.72. The lowest BCUT2D eigenvalue weighted by Gasteiger charge is -2.60. The first-order chi connectivity index (χ1) is 15.4. The third-order valence-corrected chi connectivity index (χ3v) is 6.21. The van der Waals surface area contributed by atoms with Crippen molar-refractivity contribution in [3.05, 3.63) is 23.3 Å². The van der Waals surface area contributed by atoms with Gasteiger partial charge in [-0.05, 0) is 39.8 Å². The van der Waals surface area contributed by atoms with Crippen molar-refractivity contribution >= 4 is 11.9 Å². The van der Waals surface area contributed by atoms with Crippen LogP contribution < -0.4 is 0 Å². The van der Waals surface area contributed by atoms with E-state index in [1.165, 1.54) is 12.2 Å². The van der Waals surface area contributed by atoms with Crippen LogP contribution in [0.15, 0.2) is 23.3 Å². The summed E-state index contributed by atoms with van der Waals surface area (Å²) in [6, 6.07) is 4.21. The fourth-order valence-corrected chi connectivity index (χ4v) is 5.18. The molecule has 0 saturated carbocycles. The molecular formula is C23H28N2O7. The molecule has 4 rings (SSSR count).